The van der Waals surface area contributed by atoms with Crippen LogP contribution in [0.3, 0.4) is 0 Å². The van der Waals surface area contributed by atoms with Gasteiger partial charge in [-0.2, -0.15) is 23.7 Å². The van der Waals surface area contributed by atoms with Gasteiger partial charge in [-0.15, -0.1) is 11.3 Å². The third kappa shape index (κ3) is 3.53. The van der Waals surface area contributed by atoms with Crippen molar-refractivity contribution in [3.63, 3.8) is 0 Å². The average Bonchev–Trinajstić information content (AvgIpc) is 2.92. The second kappa shape index (κ2) is 5.86. The van der Waals surface area contributed by atoms with Crippen LogP contribution in [0.5, 0.6) is 0 Å². The zero-order valence-corrected chi connectivity index (χ0v) is 11.3. The van der Waals surface area contributed by atoms with E-state index >= 15 is 0 Å². The number of benzene rings is 1. The molecule has 0 saturated heterocycles. The molecule has 3 nitrogen and oxygen atoms in total. The molecule has 1 aromatic carbocycles. The minimum atomic E-state index is -4.57. The number of alkyl halides is 3. The molecule has 1 N–H and O–H groups in total. The molecule has 0 aliphatic heterocycles. The molecule has 0 radical (unpaired) electrons. The Morgan fingerprint density at radius 1 is 1.10 bits per heavy atom. The Bertz CT molecular complexity index is 735. The number of anilines is 1. The Hall–Kier alpha value is -2.51. The second-order valence-corrected chi connectivity index (χ2v) is 5.27. The lowest BCUT2D eigenvalue weighted by atomic mass is 10.1. The van der Waals surface area contributed by atoms with Crippen LogP contribution < -0.4 is 5.32 Å². The summed E-state index contributed by atoms with van der Waals surface area (Å²) in [6, 6.07) is 10.4. The molecule has 0 unspecified atom stereocenters. The summed E-state index contributed by atoms with van der Waals surface area (Å²) in [5, 5.41) is 20.3. The van der Waals surface area contributed by atoms with Gasteiger partial charge in [-0.3, -0.25) is 0 Å². The number of nitrogens with zero attached hydrogens (tertiary/aromatic N) is 2. The van der Waals surface area contributed by atoms with E-state index < -0.39 is 17.3 Å². The van der Waals surface area contributed by atoms with Gasteiger partial charge >= 0.3 is 6.18 Å². The molecule has 2 rings (SSSR count). The summed E-state index contributed by atoms with van der Waals surface area (Å²) in [5.74, 6) is 0. The van der Waals surface area contributed by atoms with E-state index in [9.17, 15) is 13.2 Å². The van der Waals surface area contributed by atoms with E-state index in [1.54, 1.807) is 12.1 Å². The van der Waals surface area contributed by atoms with E-state index in [-0.39, 0.29) is 5.69 Å². The van der Waals surface area contributed by atoms with Gasteiger partial charge in [0.15, 0.2) is 0 Å². The minimum Gasteiger partial charge on any atom is -0.380 e. The van der Waals surface area contributed by atoms with E-state index in [1.165, 1.54) is 23.5 Å². The fourth-order valence-corrected chi connectivity index (χ4v) is 2.45. The van der Waals surface area contributed by atoms with Crippen LogP contribution >= 0.6 is 11.3 Å². The summed E-state index contributed by atoms with van der Waals surface area (Å²) >= 11 is 1.27. The lowest BCUT2D eigenvalue weighted by Crippen LogP contribution is -2.09. The summed E-state index contributed by atoms with van der Waals surface area (Å²) in [5.41, 5.74) is -1.09. The van der Waals surface area contributed by atoms with Crippen molar-refractivity contribution in [3.05, 3.63) is 51.2 Å². The minimum absolute atomic E-state index is 0.272. The Morgan fingerprint density at radius 3 is 2.43 bits per heavy atom. The third-order valence-corrected chi connectivity index (χ3v) is 3.67. The summed E-state index contributed by atoms with van der Waals surface area (Å²) in [4.78, 5) is 1.38. The number of rotatable bonds is 3. The first-order valence-electron chi connectivity index (χ1n) is 5.78. The molecule has 1 heterocycles. The quantitative estimate of drug-likeness (QED) is 0.927. The van der Waals surface area contributed by atoms with Crippen molar-refractivity contribution < 1.29 is 13.2 Å². The highest BCUT2D eigenvalue weighted by Gasteiger charge is 2.33. The van der Waals surface area contributed by atoms with Gasteiger partial charge in [0.2, 0.25) is 0 Å². The van der Waals surface area contributed by atoms with Crippen LogP contribution in [-0.4, -0.2) is 0 Å². The van der Waals surface area contributed by atoms with Gasteiger partial charge in [0.25, 0.3) is 0 Å². The van der Waals surface area contributed by atoms with E-state index in [2.05, 4.69) is 5.32 Å². The molecule has 0 bridgehead atoms. The molecule has 1 aromatic heterocycles. The molecule has 0 fully saturated rings. The molecule has 21 heavy (non-hydrogen) atoms. The highest BCUT2D eigenvalue weighted by Crippen LogP contribution is 2.33. The molecule has 0 aliphatic carbocycles. The summed E-state index contributed by atoms with van der Waals surface area (Å²) in [6.45, 7) is 0.315. The molecular weight excluding hydrogens is 299 g/mol. The Kier molecular flexibility index (Phi) is 4.15. The number of halogens is 3. The maximum absolute atomic E-state index is 12.8. The van der Waals surface area contributed by atoms with Gasteiger partial charge in [0.05, 0.1) is 17.2 Å². The van der Waals surface area contributed by atoms with Gasteiger partial charge < -0.3 is 5.32 Å². The van der Waals surface area contributed by atoms with Crippen LogP contribution in [0.1, 0.15) is 20.9 Å². The number of hydrogen-bond donors (Lipinski definition) is 1. The number of nitriles is 2. The van der Waals surface area contributed by atoms with Crippen LogP contribution in [0, 0.1) is 22.7 Å². The normalized spacial score (nSPS) is 10.7. The van der Waals surface area contributed by atoms with Crippen LogP contribution in [0.15, 0.2) is 30.3 Å². The summed E-state index contributed by atoms with van der Waals surface area (Å²) < 4.78 is 38.4. The predicted octanol–water partition coefficient (Wildman–Crippen LogP) is 4.12. The average molecular weight is 307 g/mol. The molecule has 0 atom stereocenters. The first-order valence-corrected chi connectivity index (χ1v) is 6.59. The smallest absolute Gasteiger partial charge is 0.380 e. The highest BCUT2D eigenvalue weighted by molar-refractivity contribution is 7.12. The second-order valence-electron chi connectivity index (χ2n) is 4.10. The molecule has 0 aliphatic rings. The molecule has 7 heteroatoms. The SMILES string of the molecule is N#Cc1ccc(CNc2ccc(C#N)c(C(F)(F)F)c2)s1. The fraction of sp³-hybridized carbons (Fsp3) is 0.143. The zero-order valence-electron chi connectivity index (χ0n) is 10.5. The third-order valence-electron chi connectivity index (χ3n) is 2.68. The van der Waals surface area contributed by atoms with Crippen molar-refractivity contribution in [2.45, 2.75) is 12.7 Å². The standard InChI is InChI=1S/C14H8F3N3S/c15-14(16,17)13-5-10(2-1-9(13)6-18)20-8-12-4-3-11(7-19)21-12/h1-5,20H,8H2. The van der Waals surface area contributed by atoms with Gasteiger partial charge in [-0.1, -0.05) is 0 Å². The van der Waals surface area contributed by atoms with Crippen molar-refractivity contribution in [3.8, 4) is 12.1 Å². The highest BCUT2D eigenvalue weighted by atomic mass is 32.1. The fourth-order valence-electron chi connectivity index (χ4n) is 1.71. The van der Waals surface area contributed by atoms with E-state index in [0.717, 1.165) is 17.0 Å². The Labute approximate surface area is 122 Å². The first kappa shape index (κ1) is 14.9. The largest absolute Gasteiger partial charge is 0.417 e. The maximum atomic E-state index is 12.8. The topological polar surface area (TPSA) is 59.6 Å². The zero-order chi connectivity index (χ0) is 15.5. The van der Waals surface area contributed by atoms with Crippen LogP contribution in [0.25, 0.3) is 0 Å². The number of nitrogens with one attached hydrogen (secondary N) is 1. The van der Waals surface area contributed by atoms with Gasteiger partial charge in [-0.05, 0) is 30.3 Å². The van der Waals surface area contributed by atoms with E-state index in [4.69, 9.17) is 10.5 Å². The van der Waals surface area contributed by atoms with Crippen molar-refractivity contribution in [1.82, 2.24) is 0 Å². The lowest BCUT2D eigenvalue weighted by molar-refractivity contribution is -0.137. The first-order chi connectivity index (χ1) is 9.94. The Morgan fingerprint density at radius 2 is 1.86 bits per heavy atom. The monoisotopic (exact) mass is 307 g/mol. The van der Waals surface area contributed by atoms with Crippen molar-refractivity contribution >= 4 is 17.0 Å². The molecular formula is C14H8F3N3S. The van der Waals surface area contributed by atoms with E-state index in [1.807, 2.05) is 6.07 Å². The number of hydrogen-bond acceptors (Lipinski definition) is 4. The maximum Gasteiger partial charge on any atom is 0.417 e. The van der Waals surface area contributed by atoms with Gasteiger partial charge in [-0.25, -0.2) is 0 Å². The van der Waals surface area contributed by atoms with E-state index in [0.29, 0.717) is 11.4 Å². The summed E-state index contributed by atoms with van der Waals surface area (Å²) in [6.07, 6.45) is -4.57. The van der Waals surface area contributed by atoms with Gasteiger partial charge in [0, 0.05) is 17.1 Å². The Balaban J connectivity index is 2.18. The molecule has 0 amide bonds. The van der Waals surface area contributed by atoms with Crippen LogP contribution in [0.4, 0.5) is 18.9 Å². The number of thiophene rings is 1. The summed E-state index contributed by atoms with van der Waals surface area (Å²) in [7, 11) is 0. The van der Waals surface area contributed by atoms with Crippen LogP contribution in [0.2, 0.25) is 0 Å². The van der Waals surface area contributed by atoms with Crippen molar-refractivity contribution in [1.29, 1.82) is 10.5 Å². The predicted molar refractivity (Wildman–Crippen MR) is 72.5 cm³/mol. The van der Waals surface area contributed by atoms with Crippen molar-refractivity contribution in [2.75, 3.05) is 5.32 Å². The van der Waals surface area contributed by atoms with Crippen molar-refractivity contribution in [2.24, 2.45) is 0 Å². The van der Waals surface area contributed by atoms with Gasteiger partial charge in [0.1, 0.15) is 10.9 Å². The molecule has 2 aromatic rings. The lowest BCUT2D eigenvalue weighted by Gasteiger charge is -2.11. The van der Waals surface area contributed by atoms with Crippen LogP contribution in [-0.2, 0) is 12.7 Å². The molecule has 0 spiro atoms. The molecule has 106 valence electrons. The molecule has 0 saturated carbocycles.